The molecule has 0 aliphatic rings. The highest BCUT2D eigenvalue weighted by atomic mass is 32.2. The third-order valence-electron chi connectivity index (χ3n) is 5.11. The van der Waals surface area contributed by atoms with Gasteiger partial charge >= 0.3 is 0 Å². The summed E-state index contributed by atoms with van der Waals surface area (Å²) in [7, 11) is -0.949. The van der Waals surface area contributed by atoms with E-state index in [0.29, 0.717) is 29.4 Å². The normalized spacial score (nSPS) is 11.4. The molecule has 0 saturated carbocycles. The van der Waals surface area contributed by atoms with Crippen LogP contribution in [-0.4, -0.2) is 52.2 Å². The molecule has 0 heterocycles. The summed E-state index contributed by atoms with van der Waals surface area (Å²) in [6.07, 6.45) is 1.44. The van der Waals surface area contributed by atoms with E-state index in [1.54, 1.807) is 42.5 Å². The molecule has 0 bridgehead atoms. The number of carbonyl (C=O) groups excluding carboxylic acids is 1. The molecule has 1 N–H and O–H groups in total. The molecule has 3 aromatic carbocycles. The number of benzene rings is 3. The van der Waals surface area contributed by atoms with Crippen molar-refractivity contribution in [2.75, 3.05) is 27.4 Å². The largest absolute Gasteiger partial charge is 0.497 e. The van der Waals surface area contributed by atoms with E-state index in [0.717, 1.165) is 9.87 Å². The van der Waals surface area contributed by atoms with Crippen molar-refractivity contribution in [2.24, 2.45) is 5.10 Å². The lowest BCUT2D eigenvalue weighted by Gasteiger charge is -2.21. The molecule has 1 amide bonds. The molecule has 0 aliphatic carbocycles. The number of nitrogens with zero attached hydrogens (tertiary/aromatic N) is 2. The number of hydrogen-bond donors (Lipinski definition) is 1. The monoisotopic (exact) mass is 511 g/mol. The van der Waals surface area contributed by atoms with Crippen LogP contribution in [0.25, 0.3) is 0 Å². The Bertz CT molecular complexity index is 1280. The van der Waals surface area contributed by atoms with Crippen LogP contribution in [0.4, 0.5) is 0 Å². The smallest absolute Gasteiger partial charge is 0.255 e. The number of nitrogens with one attached hydrogen (secondary N) is 1. The zero-order valence-corrected chi connectivity index (χ0v) is 21.2. The standard InChI is InChI=1S/C26H29N3O6S/c1-4-35-24-15-10-21(16-25(24)34-3)17-27-28-26(30)19-29(18-20-8-6-5-7-9-20)36(31,32)23-13-11-22(33-2)12-14-23/h5-17H,4,18-19H2,1-3H3,(H,28,30)/b27-17-. The van der Waals surface area contributed by atoms with Gasteiger partial charge in [-0.05, 0) is 60.5 Å². The van der Waals surface area contributed by atoms with Gasteiger partial charge in [0.1, 0.15) is 5.75 Å². The Morgan fingerprint density at radius 1 is 0.972 bits per heavy atom. The molecule has 10 heteroatoms. The summed E-state index contributed by atoms with van der Waals surface area (Å²) >= 11 is 0. The van der Waals surface area contributed by atoms with E-state index >= 15 is 0 Å². The van der Waals surface area contributed by atoms with Crippen LogP contribution in [-0.2, 0) is 21.4 Å². The topological polar surface area (TPSA) is 107 Å². The second-order valence-electron chi connectivity index (χ2n) is 7.57. The van der Waals surface area contributed by atoms with Gasteiger partial charge in [0.05, 0.1) is 38.5 Å². The Morgan fingerprint density at radius 2 is 1.69 bits per heavy atom. The molecule has 0 radical (unpaired) electrons. The highest BCUT2D eigenvalue weighted by molar-refractivity contribution is 7.89. The fourth-order valence-corrected chi connectivity index (χ4v) is 4.71. The van der Waals surface area contributed by atoms with Gasteiger partial charge in [0.25, 0.3) is 5.91 Å². The number of hydrazone groups is 1. The fraction of sp³-hybridized carbons (Fsp3) is 0.231. The molecule has 0 fully saturated rings. The van der Waals surface area contributed by atoms with Gasteiger partial charge in [0.2, 0.25) is 10.0 Å². The van der Waals surface area contributed by atoms with Gasteiger partial charge < -0.3 is 14.2 Å². The molecule has 3 rings (SSSR count). The van der Waals surface area contributed by atoms with Crippen molar-refractivity contribution in [3.63, 3.8) is 0 Å². The summed E-state index contributed by atoms with van der Waals surface area (Å²) in [5, 5.41) is 3.97. The van der Waals surface area contributed by atoms with Crippen molar-refractivity contribution in [3.8, 4) is 17.2 Å². The Kier molecular flexibility index (Phi) is 9.43. The van der Waals surface area contributed by atoms with Gasteiger partial charge in [-0.2, -0.15) is 9.41 Å². The number of ether oxygens (including phenoxy) is 3. The van der Waals surface area contributed by atoms with Crippen molar-refractivity contribution >= 4 is 22.1 Å². The van der Waals surface area contributed by atoms with Gasteiger partial charge in [0.15, 0.2) is 11.5 Å². The summed E-state index contributed by atoms with van der Waals surface area (Å²) in [4.78, 5) is 12.7. The molecule has 0 saturated heterocycles. The van der Waals surface area contributed by atoms with Crippen LogP contribution >= 0.6 is 0 Å². The fourth-order valence-electron chi connectivity index (χ4n) is 3.32. The first-order valence-corrected chi connectivity index (χ1v) is 12.6. The average molecular weight is 512 g/mol. The predicted octanol–water partition coefficient (Wildman–Crippen LogP) is 3.44. The third kappa shape index (κ3) is 7.06. The van der Waals surface area contributed by atoms with E-state index in [-0.39, 0.29) is 11.4 Å². The molecule has 9 nitrogen and oxygen atoms in total. The minimum atomic E-state index is -3.98. The summed E-state index contributed by atoms with van der Waals surface area (Å²) in [5.41, 5.74) is 3.81. The van der Waals surface area contributed by atoms with Crippen molar-refractivity contribution in [2.45, 2.75) is 18.4 Å². The lowest BCUT2D eigenvalue weighted by Crippen LogP contribution is -2.39. The van der Waals surface area contributed by atoms with Gasteiger partial charge in [-0.15, -0.1) is 0 Å². The summed E-state index contributed by atoms with van der Waals surface area (Å²) in [6.45, 7) is 1.97. The van der Waals surface area contributed by atoms with Crippen LogP contribution in [0.2, 0.25) is 0 Å². The average Bonchev–Trinajstić information content (AvgIpc) is 2.89. The van der Waals surface area contributed by atoms with Crippen molar-refractivity contribution in [1.29, 1.82) is 0 Å². The maximum absolute atomic E-state index is 13.4. The van der Waals surface area contributed by atoms with Gasteiger partial charge in [-0.3, -0.25) is 4.79 Å². The summed E-state index contributed by atoms with van der Waals surface area (Å²) in [5.74, 6) is 1.08. The van der Waals surface area contributed by atoms with Crippen LogP contribution in [0.1, 0.15) is 18.1 Å². The lowest BCUT2D eigenvalue weighted by atomic mass is 10.2. The molecule has 3 aromatic rings. The molecule has 0 unspecified atom stereocenters. The van der Waals surface area contributed by atoms with Crippen LogP contribution in [0, 0.1) is 0 Å². The van der Waals surface area contributed by atoms with E-state index in [4.69, 9.17) is 14.2 Å². The van der Waals surface area contributed by atoms with Gasteiger partial charge in [-0.25, -0.2) is 13.8 Å². The molecule has 0 aromatic heterocycles. The van der Waals surface area contributed by atoms with Crippen LogP contribution < -0.4 is 19.6 Å². The van der Waals surface area contributed by atoms with E-state index in [9.17, 15) is 13.2 Å². The number of amides is 1. The number of carbonyl (C=O) groups is 1. The second-order valence-corrected chi connectivity index (χ2v) is 9.51. The zero-order valence-electron chi connectivity index (χ0n) is 20.4. The SMILES string of the molecule is CCOc1ccc(/C=N\NC(=O)CN(Cc2ccccc2)S(=O)(=O)c2ccc(OC)cc2)cc1OC. The Morgan fingerprint density at radius 3 is 2.33 bits per heavy atom. The van der Waals surface area contributed by atoms with Crippen LogP contribution in [0.15, 0.2) is 82.8 Å². The lowest BCUT2D eigenvalue weighted by molar-refractivity contribution is -0.121. The first-order chi connectivity index (χ1) is 17.4. The predicted molar refractivity (Wildman–Crippen MR) is 137 cm³/mol. The number of hydrogen-bond acceptors (Lipinski definition) is 7. The minimum absolute atomic E-state index is 0.0163. The molecule has 0 spiro atoms. The van der Waals surface area contributed by atoms with E-state index < -0.39 is 22.5 Å². The van der Waals surface area contributed by atoms with E-state index in [1.807, 2.05) is 25.1 Å². The van der Waals surface area contributed by atoms with Crippen molar-refractivity contribution < 1.29 is 27.4 Å². The molecular formula is C26H29N3O6S. The molecular weight excluding hydrogens is 482 g/mol. The first-order valence-electron chi connectivity index (χ1n) is 11.2. The number of sulfonamides is 1. The number of methoxy groups -OCH3 is 2. The maximum atomic E-state index is 13.4. The van der Waals surface area contributed by atoms with E-state index in [2.05, 4.69) is 10.5 Å². The summed E-state index contributed by atoms with van der Waals surface area (Å²) in [6, 6.07) is 20.3. The molecule has 0 aliphatic heterocycles. The van der Waals surface area contributed by atoms with Gasteiger partial charge in [-0.1, -0.05) is 30.3 Å². The Balaban J connectivity index is 1.75. The Hall–Kier alpha value is -3.89. The minimum Gasteiger partial charge on any atom is -0.497 e. The quantitative estimate of drug-likeness (QED) is 0.295. The molecule has 36 heavy (non-hydrogen) atoms. The van der Waals surface area contributed by atoms with Crippen LogP contribution in [0.3, 0.4) is 0 Å². The van der Waals surface area contributed by atoms with Gasteiger partial charge in [0, 0.05) is 6.54 Å². The highest BCUT2D eigenvalue weighted by Crippen LogP contribution is 2.27. The molecule has 190 valence electrons. The summed E-state index contributed by atoms with van der Waals surface area (Å²) < 4.78 is 43.8. The first kappa shape index (κ1) is 26.7. The van der Waals surface area contributed by atoms with E-state index in [1.165, 1.54) is 32.6 Å². The number of rotatable bonds is 12. The van der Waals surface area contributed by atoms with Crippen LogP contribution in [0.5, 0.6) is 17.2 Å². The maximum Gasteiger partial charge on any atom is 0.255 e. The Labute approximate surface area is 211 Å². The van der Waals surface area contributed by atoms with Crippen molar-refractivity contribution in [3.05, 3.63) is 83.9 Å². The second kappa shape index (κ2) is 12.7. The third-order valence-corrected chi connectivity index (χ3v) is 6.92. The highest BCUT2D eigenvalue weighted by Gasteiger charge is 2.27. The molecule has 0 atom stereocenters. The zero-order chi connectivity index (χ0) is 26.0. The van der Waals surface area contributed by atoms with Crippen molar-refractivity contribution in [1.82, 2.24) is 9.73 Å².